The van der Waals surface area contributed by atoms with Crippen molar-refractivity contribution in [2.24, 2.45) is 29.1 Å². The zero-order valence-corrected chi connectivity index (χ0v) is 22.2. The molecule has 202 valence electrons. The molecule has 37 heavy (non-hydrogen) atoms. The summed E-state index contributed by atoms with van der Waals surface area (Å²) in [7, 11) is 0. The van der Waals surface area contributed by atoms with E-state index < -0.39 is 93.6 Å². The molecule has 3 aliphatic carbocycles. The monoisotopic (exact) mass is 538 g/mol. The number of Topliss-reactive ketones (excluding diaryl/α,β-unsaturated/α-hetero) is 1. The number of hydrogen-bond donors (Lipinski definition) is 1. The lowest BCUT2D eigenvalue weighted by atomic mass is 9.60. The first-order chi connectivity index (χ1) is 17.0. The van der Waals surface area contributed by atoms with Crippen LogP contribution in [0.1, 0.15) is 41.5 Å². The van der Waals surface area contributed by atoms with Gasteiger partial charge < -0.3 is 24.1 Å². The SMILES string of the molecule is C=C1[C@@H](OC(C)=O)[C@H]2C=C[C@H]3C(=O)[C@@](C)(OC(C)=O)[C@H]([C@H](OC(C)=O)[C@]4(O)[C@@H](C)C(=O)O[C@H]4[C@H]1Cl)[C@@]23C. The molecule has 1 N–H and O–H groups in total. The molecule has 11 atom stereocenters. The fourth-order valence-corrected chi connectivity index (χ4v) is 7.49. The summed E-state index contributed by atoms with van der Waals surface area (Å²) in [5, 5.41) is 11.1. The van der Waals surface area contributed by atoms with Crippen molar-refractivity contribution < 1.29 is 48.0 Å². The first-order valence-corrected chi connectivity index (χ1v) is 12.5. The normalized spacial score (nSPS) is 46.2. The molecule has 0 aromatic rings. The predicted octanol–water partition coefficient (Wildman–Crippen LogP) is 1.65. The molecule has 0 amide bonds. The molecule has 0 spiro atoms. The Morgan fingerprint density at radius 3 is 2.19 bits per heavy atom. The summed E-state index contributed by atoms with van der Waals surface area (Å²) < 4.78 is 22.6. The third kappa shape index (κ3) is 3.59. The van der Waals surface area contributed by atoms with Crippen LogP contribution < -0.4 is 0 Å². The van der Waals surface area contributed by atoms with Gasteiger partial charge in [-0.3, -0.25) is 24.0 Å². The van der Waals surface area contributed by atoms with E-state index >= 15 is 0 Å². The summed E-state index contributed by atoms with van der Waals surface area (Å²) in [6, 6.07) is 0. The minimum atomic E-state index is -2.26. The standard InChI is InChI=1S/C26H31ClO10/c1-10-17(27)21-26(33,11(2)23(32)36-21)22(35-13(4)29)19-24(6)15(18(10)34-12(3)28)8-9-16(24)20(31)25(19,7)37-14(5)30/h8-9,11,15-19,21-22,33H,1H2,2-7H3/t11-,15+,16-,17-,18+,19+,21-,22-,24-,25-,26-/m0/s1. The Kier molecular flexibility index (Phi) is 6.39. The van der Waals surface area contributed by atoms with Crippen molar-refractivity contribution in [1.29, 1.82) is 0 Å². The highest BCUT2D eigenvalue weighted by Crippen LogP contribution is 2.66. The maximum atomic E-state index is 13.9. The first kappa shape index (κ1) is 27.3. The average Bonchev–Trinajstić information content (AvgIpc) is 3.29. The molecule has 0 aromatic carbocycles. The summed E-state index contributed by atoms with van der Waals surface area (Å²) in [5.74, 6) is -7.61. The molecule has 4 rings (SSSR count). The van der Waals surface area contributed by atoms with Crippen molar-refractivity contribution in [2.75, 3.05) is 0 Å². The Bertz CT molecular complexity index is 1130. The minimum Gasteiger partial charge on any atom is -0.459 e. The van der Waals surface area contributed by atoms with E-state index in [0.29, 0.717) is 0 Å². The van der Waals surface area contributed by atoms with Gasteiger partial charge in [-0.25, -0.2) is 0 Å². The molecule has 2 saturated carbocycles. The number of carbonyl (C=O) groups excluding carboxylic acids is 5. The molecular formula is C26H31ClO10. The highest BCUT2D eigenvalue weighted by Gasteiger charge is 2.78. The van der Waals surface area contributed by atoms with Gasteiger partial charge in [-0.1, -0.05) is 25.7 Å². The van der Waals surface area contributed by atoms with Crippen molar-refractivity contribution in [3.05, 3.63) is 24.3 Å². The van der Waals surface area contributed by atoms with Crippen molar-refractivity contribution in [3.8, 4) is 0 Å². The quantitative estimate of drug-likeness (QED) is 0.244. The molecule has 1 saturated heterocycles. The van der Waals surface area contributed by atoms with Gasteiger partial charge in [-0.2, -0.15) is 0 Å². The van der Waals surface area contributed by atoms with E-state index in [0.717, 1.165) is 13.8 Å². The molecule has 0 aromatic heterocycles. The molecule has 10 nitrogen and oxygen atoms in total. The second-order valence-electron chi connectivity index (χ2n) is 10.8. The van der Waals surface area contributed by atoms with Crippen molar-refractivity contribution in [1.82, 2.24) is 0 Å². The number of ketones is 1. The molecular weight excluding hydrogens is 508 g/mol. The largest absolute Gasteiger partial charge is 0.459 e. The smallest absolute Gasteiger partial charge is 0.312 e. The number of alkyl halides is 1. The zero-order chi connectivity index (χ0) is 27.8. The highest BCUT2D eigenvalue weighted by molar-refractivity contribution is 6.23. The first-order valence-electron chi connectivity index (χ1n) is 12.0. The van der Waals surface area contributed by atoms with Crippen LogP contribution in [0.4, 0.5) is 0 Å². The summed E-state index contributed by atoms with van der Waals surface area (Å²) in [6.45, 7) is 12.0. The molecule has 1 heterocycles. The molecule has 0 unspecified atom stereocenters. The van der Waals surface area contributed by atoms with Crippen LogP contribution in [-0.2, 0) is 42.9 Å². The number of carbonyl (C=O) groups is 5. The highest BCUT2D eigenvalue weighted by atomic mass is 35.5. The van der Waals surface area contributed by atoms with E-state index in [1.165, 1.54) is 20.8 Å². The van der Waals surface area contributed by atoms with Crippen molar-refractivity contribution in [3.63, 3.8) is 0 Å². The van der Waals surface area contributed by atoms with E-state index in [1.807, 2.05) is 0 Å². The summed E-state index contributed by atoms with van der Waals surface area (Å²) >= 11 is 6.79. The maximum Gasteiger partial charge on any atom is 0.312 e. The molecule has 3 fully saturated rings. The van der Waals surface area contributed by atoms with Crippen LogP contribution >= 0.6 is 11.6 Å². The van der Waals surface area contributed by atoms with Gasteiger partial charge in [0, 0.05) is 38.0 Å². The Morgan fingerprint density at radius 2 is 1.65 bits per heavy atom. The lowest BCUT2D eigenvalue weighted by molar-refractivity contribution is -0.218. The summed E-state index contributed by atoms with van der Waals surface area (Å²) in [6.07, 6.45) is -0.844. The van der Waals surface area contributed by atoms with E-state index in [2.05, 4.69) is 6.58 Å². The number of allylic oxidation sites excluding steroid dienone is 1. The van der Waals surface area contributed by atoms with Gasteiger partial charge in [0.2, 0.25) is 0 Å². The van der Waals surface area contributed by atoms with E-state index in [9.17, 15) is 29.1 Å². The lowest BCUT2D eigenvalue weighted by Crippen LogP contribution is -2.65. The number of esters is 4. The van der Waals surface area contributed by atoms with Gasteiger partial charge in [0.15, 0.2) is 23.1 Å². The average molecular weight is 539 g/mol. The number of rotatable bonds is 3. The summed E-state index contributed by atoms with van der Waals surface area (Å²) in [5.41, 5.74) is -5.26. The lowest BCUT2D eigenvalue weighted by Gasteiger charge is -2.49. The number of aliphatic hydroxyl groups is 1. The topological polar surface area (TPSA) is 143 Å². The number of halogens is 1. The fourth-order valence-electron chi connectivity index (χ4n) is 7.11. The van der Waals surface area contributed by atoms with E-state index in [1.54, 1.807) is 19.1 Å². The summed E-state index contributed by atoms with van der Waals surface area (Å²) in [4.78, 5) is 63.7. The van der Waals surface area contributed by atoms with Crippen molar-refractivity contribution in [2.45, 2.75) is 76.4 Å². The number of ether oxygens (including phenoxy) is 4. The van der Waals surface area contributed by atoms with Gasteiger partial charge in [0.1, 0.15) is 12.2 Å². The molecule has 0 radical (unpaired) electrons. The molecule has 11 heteroatoms. The number of hydrogen-bond acceptors (Lipinski definition) is 10. The van der Waals surface area contributed by atoms with E-state index in [-0.39, 0.29) is 5.57 Å². The fraction of sp³-hybridized carbons (Fsp3) is 0.654. The van der Waals surface area contributed by atoms with Crippen LogP contribution in [0.3, 0.4) is 0 Å². The van der Waals surface area contributed by atoms with Gasteiger partial charge in [0.05, 0.1) is 17.2 Å². The van der Waals surface area contributed by atoms with Gasteiger partial charge >= 0.3 is 23.9 Å². The predicted molar refractivity (Wildman–Crippen MR) is 127 cm³/mol. The Labute approximate surface area is 219 Å². The van der Waals surface area contributed by atoms with Crippen molar-refractivity contribution >= 4 is 41.3 Å². The second kappa shape index (κ2) is 8.66. The Hall–Kier alpha value is -2.72. The second-order valence-corrected chi connectivity index (χ2v) is 11.3. The number of fused-ring (bicyclic) bond motifs is 1. The maximum absolute atomic E-state index is 13.9. The van der Waals surface area contributed by atoms with Crippen LogP contribution in [-0.4, -0.2) is 69.7 Å². The van der Waals surface area contributed by atoms with Crippen LogP contribution in [0.15, 0.2) is 24.3 Å². The molecule has 4 aliphatic rings. The molecule has 0 bridgehead atoms. The minimum absolute atomic E-state index is 0.134. The van der Waals surface area contributed by atoms with E-state index in [4.69, 9.17) is 30.5 Å². The van der Waals surface area contributed by atoms with Gasteiger partial charge in [0.25, 0.3) is 0 Å². The third-order valence-corrected chi connectivity index (χ3v) is 9.20. The Morgan fingerprint density at radius 1 is 1.05 bits per heavy atom. The van der Waals surface area contributed by atoms with Crippen LogP contribution in [0.5, 0.6) is 0 Å². The van der Waals surface area contributed by atoms with Crippen LogP contribution in [0, 0.1) is 29.1 Å². The zero-order valence-electron chi connectivity index (χ0n) is 21.5. The van der Waals surface area contributed by atoms with Crippen LogP contribution in [0.2, 0.25) is 0 Å². The third-order valence-electron chi connectivity index (χ3n) is 8.69. The molecule has 1 aliphatic heterocycles. The van der Waals surface area contributed by atoms with Gasteiger partial charge in [-0.15, -0.1) is 11.6 Å². The van der Waals surface area contributed by atoms with Crippen LogP contribution in [0.25, 0.3) is 0 Å². The Balaban J connectivity index is 2.09. The van der Waals surface area contributed by atoms with Gasteiger partial charge in [-0.05, 0) is 19.4 Å².